The fourth-order valence-electron chi connectivity index (χ4n) is 1.92. The Morgan fingerprint density at radius 1 is 1.04 bits per heavy atom. The zero-order chi connectivity index (χ0) is 16.8. The van der Waals surface area contributed by atoms with Crippen LogP contribution in [0.25, 0.3) is 0 Å². The van der Waals surface area contributed by atoms with Crippen molar-refractivity contribution in [1.29, 1.82) is 0 Å². The van der Waals surface area contributed by atoms with E-state index >= 15 is 0 Å². The summed E-state index contributed by atoms with van der Waals surface area (Å²) in [6.45, 7) is 3.93. The van der Waals surface area contributed by atoms with Gasteiger partial charge in [0.25, 0.3) is 0 Å². The fraction of sp³-hybridized carbons (Fsp3) is 0.176. The highest BCUT2D eigenvalue weighted by Gasteiger charge is 2.07. The van der Waals surface area contributed by atoms with E-state index in [2.05, 4.69) is 10.6 Å². The van der Waals surface area contributed by atoms with Crippen LogP contribution in [0.4, 0.5) is 16.2 Å². The van der Waals surface area contributed by atoms with Crippen LogP contribution in [0.15, 0.2) is 42.5 Å². The Morgan fingerprint density at radius 2 is 1.65 bits per heavy atom. The zero-order valence-electron chi connectivity index (χ0n) is 12.9. The van der Waals surface area contributed by atoms with Crippen LogP contribution in [0, 0.1) is 6.92 Å². The minimum absolute atomic E-state index is 0.321. The van der Waals surface area contributed by atoms with Crippen molar-refractivity contribution in [2.24, 2.45) is 0 Å². The van der Waals surface area contributed by atoms with Crippen molar-refractivity contribution in [3.8, 4) is 0 Å². The molecule has 2 aromatic carbocycles. The van der Waals surface area contributed by atoms with Crippen molar-refractivity contribution in [2.45, 2.75) is 13.8 Å². The molecule has 0 aliphatic heterocycles. The molecule has 2 rings (SSSR count). The van der Waals surface area contributed by atoms with E-state index in [1.807, 2.05) is 6.92 Å². The molecule has 0 bridgehead atoms. The maximum atomic E-state index is 12.0. The van der Waals surface area contributed by atoms with Crippen molar-refractivity contribution in [3.05, 3.63) is 58.6 Å². The summed E-state index contributed by atoms with van der Waals surface area (Å²) in [5.41, 5.74) is 2.53. The number of urea groups is 1. The molecule has 0 saturated carbocycles. The van der Waals surface area contributed by atoms with Gasteiger partial charge in [0.05, 0.1) is 12.2 Å². The third-order valence-corrected chi connectivity index (χ3v) is 3.49. The first-order valence-electron chi connectivity index (χ1n) is 7.11. The highest BCUT2D eigenvalue weighted by molar-refractivity contribution is 6.31. The number of ether oxygens (including phenoxy) is 1. The van der Waals surface area contributed by atoms with Crippen LogP contribution >= 0.6 is 11.6 Å². The molecule has 0 spiro atoms. The van der Waals surface area contributed by atoms with Crippen LogP contribution in [0.5, 0.6) is 0 Å². The van der Waals surface area contributed by atoms with E-state index in [1.54, 1.807) is 49.4 Å². The molecule has 0 atom stereocenters. The number of esters is 1. The summed E-state index contributed by atoms with van der Waals surface area (Å²) in [5.74, 6) is -0.389. The van der Waals surface area contributed by atoms with Gasteiger partial charge in [-0.25, -0.2) is 9.59 Å². The Morgan fingerprint density at radius 3 is 2.26 bits per heavy atom. The van der Waals surface area contributed by atoms with E-state index in [-0.39, 0.29) is 12.0 Å². The fourth-order valence-corrected chi connectivity index (χ4v) is 2.04. The number of aryl methyl sites for hydroxylation is 1. The molecule has 120 valence electrons. The van der Waals surface area contributed by atoms with Gasteiger partial charge < -0.3 is 15.4 Å². The van der Waals surface area contributed by atoms with Gasteiger partial charge in [0.15, 0.2) is 0 Å². The first-order chi connectivity index (χ1) is 11.0. The van der Waals surface area contributed by atoms with E-state index in [0.29, 0.717) is 28.6 Å². The van der Waals surface area contributed by atoms with Gasteiger partial charge in [0, 0.05) is 16.4 Å². The molecule has 5 nitrogen and oxygen atoms in total. The maximum Gasteiger partial charge on any atom is 0.338 e. The predicted molar refractivity (Wildman–Crippen MR) is 91.2 cm³/mol. The largest absolute Gasteiger partial charge is 0.462 e. The lowest BCUT2D eigenvalue weighted by Gasteiger charge is -2.09. The van der Waals surface area contributed by atoms with Crippen molar-refractivity contribution >= 4 is 35.0 Å². The molecule has 0 radical (unpaired) electrons. The molecule has 2 aromatic rings. The number of amides is 2. The second-order valence-corrected chi connectivity index (χ2v) is 5.25. The maximum absolute atomic E-state index is 12.0. The van der Waals surface area contributed by atoms with Crippen LogP contribution in [0.3, 0.4) is 0 Å². The molecule has 2 N–H and O–H groups in total. The molecule has 0 heterocycles. The standard InChI is InChI=1S/C17H17ClN2O3/c1-3-23-16(21)12-4-6-13(7-5-12)19-17(22)20-14-8-9-15(18)11(2)10-14/h4-10H,3H2,1-2H3,(H2,19,20,22). The first kappa shape index (κ1) is 16.8. The van der Waals surface area contributed by atoms with Crippen molar-refractivity contribution < 1.29 is 14.3 Å². The number of rotatable bonds is 4. The molecule has 0 aliphatic rings. The lowest BCUT2D eigenvalue weighted by Crippen LogP contribution is -2.19. The molecule has 0 unspecified atom stereocenters. The molecule has 0 aromatic heterocycles. The normalized spacial score (nSPS) is 10.0. The number of carbonyl (C=O) groups excluding carboxylic acids is 2. The van der Waals surface area contributed by atoms with Crippen LogP contribution < -0.4 is 10.6 Å². The molecule has 2 amide bonds. The smallest absolute Gasteiger partial charge is 0.338 e. The minimum atomic E-state index is -0.389. The van der Waals surface area contributed by atoms with Crippen molar-refractivity contribution in [2.75, 3.05) is 17.2 Å². The Kier molecular flexibility index (Phi) is 5.60. The molecule has 0 fully saturated rings. The number of hydrogen-bond donors (Lipinski definition) is 2. The minimum Gasteiger partial charge on any atom is -0.462 e. The Labute approximate surface area is 139 Å². The highest BCUT2D eigenvalue weighted by Crippen LogP contribution is 2.19. The topological polar surface area (TPSA) is 67.4 Å². The van der Waals surface area contributed by atoms with Gasteiger partial charge in [-0.05, 0) is 61.9 Å². The number of nitrogens with one attached hydrogen (secondary N) is 2. The monoisotopic (exact) mass is 332 g/mol. The summed E-state index contributed by atoms with van der Waals surface area (Å²) >= 11 is 5.94. The summed E-state index contributed by atoms with van der Waals surface area (Å²) in [5, 5.41) is 6.05. The van der Waals surface area contributed by atoms with Gasteiger partial charge in [-0.2, -0.15) is 0 Å². The van der Waals surface area contributed by atoms with Crippen LogP contribution in [-0.4, -0.2) is 18.6 Å². The first-order valence-corrected chi connectivity index (χ1v) is 7.48. The van der Waals surface area contributed by atoms with Gasteiger partial charge in [-0.3, -0.25) is 0 Å². The van der Waals surface area contributed by atoms with Gasteiger partial charge >= 0.3 is 12.0 Å². The molecule has 0 aliphatic carbocycles. The molecular formula is C17H17ClN2O3. The summed E-state index contributed by atoms with van der Waals surface area (Å²) in [6.07, 6.45) is 0. The van der Waals surface area contributed by atoms with Crippen LogP contribution in [0.1, 0.15) is 22.8 Å². The van der Waals surface area contributed by atoms with E-state index < -0.39 is 0 Å². The highest BCUT2D eigenvalue weighted by atomic mass is 35.5. The third kappa shape index (κ3) is 4.72. The lowest BCUT2D eigenvalue weighted by molar-refractivity contribution is 0.0526. The zero-order valence-corrected chi connectivity index (χ0v) is 13.6. The molecule has 0 saturated heterocycles. The summed E-state index contributed by atoms with van der Waals surface area (Å²) in [7, 11) is 0. The van der Waals surface area contributed by atoms with Crippen molar-refractivity contribution in [1.82, 2.24) is 0 Å². The summed E-state index contributed by atoms with van der Waals surface area (Å²) in [4.78, 5) is 23.5. The quantitative estimate of drug-likeness (QED) is 0.812. The number of halogens is 1. The van der Waals surface area contributed by atoms with Gasteiger partial charge in [0.2, 0.25) is 0 Å². The lowest BCUT2D eigenvalue weighted by atomic mass is 10.2. The number of hydrogen-bond acceptors (Lipinski definition) is 3. The second-order valence-electron chi connectivity index (χ2n) is 4.84. The van der Waals surface area contributed by atoms with E-state index in [9.17, 15) is 9.59 Å². The Balaban J connectivity index is 1.97. The number of anilines is 2. The molecule has 23 heavy (non-hydrogen) atoms. The summed E-state index contributed by atoms with van der Waals surface area (Å²) < 4.78 is 4.90. The van der Waals surface area contributed by atoms with E-state index in [0.717, 1.165) is 5.56 Å². The average molecular weight is 333 g/mol. The second kappa shape index (κ2) is 7.65. The molecule has 6 heteroatoms. The third-order valence-electron chi connectivity index (χ3n) is 3.07. The van der Waals surface area contributed by atoms with Gasteiger partial charge in [-0.1, -0.05) is 11.6 Å². The average Bonchev–Trinajstić information content (AvgIpc) is 2.52. The Hall–Kier alpha value is -2.53. The summed E-state index contributed by atoms with van der Waals surface area (Å²) in [6, 6.07) is 11.3. The Bertz CT molecular complexity index is 714. The van der Waals surface area contributed by atoms with Crippen LogP contribution in [0.2, 0.25) is 5.02 Å². The van der Waals surface area contributed by atoms with Crippen LogP contribution in [-0.2, 0) is 4.74 Å². The van der Waals surface area contributed by atoms with Crippen molar-refractivity contribution in [3.63, 3.8) is 0 Å². The van der Waals surface area contributed by atoms with Gasteiger partial charge in [0.1, 0.15) is 0 Å². The predicted octanol–water partition coefficient (Wildman–Crippen LogP) is 4.47. The number of benzene rings is 2. The van der Waals surface area contributed by atoms with Gasteiger partial charge in [-0.15, -0.1) is 0 Å². The van der Waals surface area contributed by atoms with E-state index in [1.165, 1.54) is 0 Å². The SMILES string of the molecule is CCOC(=O)c1ccc(NC(=O)Nc2ccc(Cl)c(C)c2)cc1. The molecular weight excluding hydrogens is 316 g/mol. The van der Waals surface area contributed by atoms with E-state index in [4.69, 9.17) is 16.3 Å². The number of carbonyl (C=O) groups is 2.